The lowest BCUT2D eigenvalue weighted by Crippen LogP contribution is -2.02. The standard InChI is InChI=1S/C9H7Cl2N3/c10-6-3-1-2-5-8(11)7(4-12)13-14-9(5)6/h1-3H,4,12H2. The number of aromatic nitrogens is 2. The van der Waals surface area contributed by atoms with E-state index in [2.05, 4.69) is 10.2 Å². The van der Waals surface area contributed by atoms with Crippen LogP contribution in [0.1, 0.15) is 5.69 Å². The van der Waals surface area contributed by atoms with Gasteiger partial charge < -0.3 is 5.73 Å². The number of fused-ring (bicyclic) bond motifs is 1. The summed E-state index contributed by atoms with van der Waals surface area (Å²) in [4.78, 5) is 0. The number of hydrogen-bond donors (Lipinski definition) is 1. The Morgan fingerprint density at radius 3 is 2.71 bits per heavy atom. The quantitative estimate of drug-likeness (QED) is 0.815. The molecule has 0 saturated carbocycles. The van der Waals surface area contributed by atoms with Gasteiger partial charge >= 0.3 is 0 Å². The number of benzene rings is 1. The summed E-state index contributed by atoms with van der Waals surface area (Å²) in [6.45, 7) is 0.272. The van der Waals surface area contributed by atoms with Crippen molar-refractivity contribution in [3.05, 3.63) is 33.9 Å². The fourth-order valence-corrected chi connectivity index (χ4v) is 1.71. The zero-order valence-corrected chi connectivity index (χ0v) is 8.68. The molecule has 1 aromatic heterocycles. The van der Waals surface area contributed by atoms with E-state index < -0.39 is 0 Å². The number of rotatable bonds is 1. The molecular weight excluding hydrogens is 221 g/mol. The van der Waals surface area contributed by atoms with Crippen molar-refractivity contribution in [3.8, 4) is 0 Å². The molecule has 0 aliphatic heterocycles. The van der Waals surface area contributed by atoms with Crippen LogP contribution in [0.5, 0.6) is 0 Å². The minimum atomic E-state index is 0.272. The first-order valence-electron chi connectivity index (χ1n) is 4.03. The third kappa shape index (κ3) is 1.43. The SMILES string of the molecule is NCc1nnc2c(Cl)cccc2c1Cl. The minimum Gasteiger partial charge on any atom is -0.325 e. The van der Waals surface area contributed by atoms with E-state index in [1.165, 1.54) is 0 Å². The van der Waals surface area contributed by atoms with Crippen LogP contribution in [0.2, 0.25) is 10.0 Å². The van der Waals surface area contributed by atoms with Crippen LogP contribution >= 0.6 is 23.2 Å². The van der Waals surface area contributed by atoms with Crippen LogP contribution < -0.4 is 5.73 Å². The molecule has 0 fully saturated rings. The van der Waals surface area contributed by atoms with Crippen molar-refractivity contribution in [1.29, 1.82) is 0 Å². The van der Waals surface area contributed by atoms with E-state index in [4.69, 9.17) is 28.9 Å². The molecule has 1 aromatic carbocycles. The molecule has 0 radical (unpaired) electrons. The van der Waals surface area contributed by atoms with Crippen molar-refractivity contribution in [2.75, 3.05) is 0 Å². The third-order valence-electron chi connectivity index (χ3n) is 1.94. The molecule has 2 rings (SSSR count). The van der Waals surface area contributed by atoms with Crippen LogP contribution in [-0.2, 0) is 6.54 Å². The average Bonchev–Trinajstić information content (AvgIpc) is 2.20. The normalized spacial score (nSPS) is 10.8. The van der Waals surface area contributed by atoms with Gasteiger partial charge in [0.25, 0.3) is 0 Å². The monoisotopic (exact) mass is 227 g/mol. The maximum atomic E-state index is 6.07. The van der Waals surface area contributed by atoms with E-state index in [9.17, 15) is 0 Å². The van der Waals surface area contributed by atoms with Gasteiger partial charge in [-0.25, -0.2) is 0 Å². The van der Waals surface area contributed by atoms with E-state index in [0.29, 0.717) is 21.3 Å². The summed E-state index contributed by atoms with van der Waals surface area (Å²) in [5.41, 5.74) is 6.65. The molecule has 0 bridgehead atoms. The van der Waals surface area contributed by atoms with Gasteiger partial charge in [-0.2, -0.15) is 5.10 Å². The topological polar surface area (TPSA) is 51.8 Å². The average molecular weight is 228 g/mol. The van der Waals surface area contributed by atoms with Gasteiger partial charge in [0.05, 0.1) is 15.7 Å². The van der Waals surface area contributed by atoms with Gasteiger partial charge in [0.1, 0.15) is 5.52 Å². The van der Waals surface area contributed by atoms with Crippen molar-refractivity contribution in [3.63, 3.8) is 0 Å². The molecule has 0 aliphatic rings. The zero-order chi connectivity index (χ0) is 10.1. The number of hydrogen-bond acceptors (Lipinski definition) is 3. The molecule has 0 spiro atoms. The van der Waals surface area contributed by atoms with Crippen molar-refractivity contribution in [1.82, 2.24) is 10.2 Å². The molecule has 0 atom stereocenters. The first-order chi connectivity index (χ1) is 6.74. The molecule has 2 aromatic rings. The Bertz CT molecular complexity index is 485. The van der Waals surface area contributed by atoms with Gasteiger partial charge in [0, 0.05) is 11.9 Å². The van der Waals surface area contributed by atoms with Gasteiger partial charge in [0.15, 0.2) is 0 Å². The molecule has 0 saturated heterocycles. The highest BCUT2D eigenvalue weighted by molar-refractivity contribution is 6.39. The Hall–Kier alpha value is -0.900. The smallest absolute Gasteiger partial charge is 0.113 e. The first-order valence-corrected chi connectivity index (χ1v) is 4.79. The van der Waals surface area contributed by atoms with Crippen LogP contribution in [-0.4, -0.2) is 10.2 Å². The lowest BCUT2D eigenvalue weighted by molar-refractivity contribution is 0.920. The second kappa shape index (κ2) is 3.69. The summed E-state index contributed by atoms with van der Waals surface area (Å²) in [5.74, 6) is 0. The summed E-state index contributed by atoms with van der Waals surface area (Å²) >= 11 is 12.0. The minimum absolute atomic E-state index is 0.272. The molecular formula is C9H7Cl2N3. The van der Waals surface area contributed by atoms with Crippen LogP contribution in [0.3, 0.4) is 0 Å². The third-order valence-corrected chi connectivity index (χ3v) is 2.67. The van der Waals surface area contributed by atoms with Gasteiger partial charge in [-0.15, -0.1) is 5.10 Å². The number of nitrogens with two attached hydrogens (primary N) is 1. The van der Waals surface area contributed by atoms with Crippen LogP contribution in [0, 0.1) is 0 Å². The number of nitrogens with zero attached hydrogens (tertiary/aromatic N) is 2. The molecule has 0 aliphatic carbocycles. The highest BCUT2D eigenvalue weighted by Gasteiger charge is 2.08. The molecule has 1 heterocycles. The lowest BCUT2D eigenvalue weighted by atomic mass is 10.2. The predicted octanol–water partition coefficient (Wildman–Crippen LogP) is 2.40. The van der Waals surface area contributed by atoms with Crippen LogP contribution in [0.25, 0.3) is 10.9 Å². The fraction of sp³-hybridized carbons (Fsp3) is 0.111. The van der Waals surface area contributed by atoms with Crippen LogP contribution in [0.15, 0.2) is 18.2 Å². The second-order valence-electron chi connectivity index (χ2n) is 2.80. The van der Waals surface area contributed by atoms with Crippen molar-refractivity contribution >= 4 is 34.1 Å². The largest absolute Gasteiger partial charge is 0.325 e. The summed E-state index contributed by atoms with van der Waals surface area (Å²) in [6.07, 6.45) is 0. The maximum absolute atomic E-state index is 6.07. The maximum Gasteiger partial charge on any atom is 0.113 e. The Morgan fingerprint density at radius 2 is 2.00 bits per heavy atom. The van der Waals surface area contributed by atoms with Crippen molar-refractivity contribution < 1.29 is 0 Å². The second-order valence-corrected chi connectivity index (χ2v) is 3.59. The van der Waals surface area contributed by atoms with E-state index in [1.54, 1.807) is 6.07 Å². The summed E-state index contributed by atoms with van der Waals surface area (Å²) in [6, 6.07) is 5.41. The van der Waals surface area contributed by atoms with Gasteiger partial charge in [-0.1, -0.05) is 35.3 Å². The Morgan fingerprint density at radius 1 is 1.21 bits per heavy atom. The summed E-state index contributed by atoms with van der Waals surface area (Å²) < 4.78 is 0. The number of halogens is 2. The first kappa shape index (κ1) is 9.65. The van der Waals surface area contributed by atoms with E-state index in [1.807, 2.05) is 12.1 Å². The molecule has 3 nitrogen and oxygen atoms in total. The van der Waals surface area contributed by atoms with Crippen LogP contribution in [0.4, 0.5) is 0 Å². The Kier molecular flexibility index (Phi) is 2.54. The van der Waals surface area contributed by atoms with Gasteiger partial charge in [-0.05, 0) is 6.07 Å². The van der Waals surface area contributed by atoms with Gasteiger partial charge in [-0.3, -0.25) is 0 Å². The molecule has 0 unspecified atom stereocenters. The predicted molar refractivity (Wildman–Crippen MR) is 57.4 cm³/mol. The van der Waals surface area contributed by atoms with E-state index in [0.717, 1.165) is 5.39 Å². The zero-order valence-electron chi connectivity index (χ0n) is 7.17. The Balaban J connectivity index is 2.84. The molecule has 5 heteroatoms. The fourth-order valence-electron chi connectivity index (χ4n) is 1.23. The Labute approximate surface area is 90.8 Å². The van der Waals surface area contributed by atoms with E-state index >= 15 is 0 Å². The molecule has 72 valence electrons. The van der Waals surface area contributed by atoms with Gasteiger partial charge in [0.2, 0.25) is 0 Å². The van der Waals surface area contributed by atoms with Crippen molar-refractivity contribution in [2.45, 2.75) is 6.54 Å². The molecule has 14 heavy (non-hydrogen) atoms. The lowest BCUT2D eigenvalue weighted by Gasteiger charge is -2.03. The highest BCUT2D eigenvalue weighted by Crippen LogP contribution is 2.28. The molecule has 0 amide bonds. The highest BCUT2D eigenvalue weighted by atomic mass is 35.5. The summed E-state index contributed by atoms with van der Waals surface area (Å²) in [7, 11) is 0. The molecule has 2 N–H and O–H groups in total. The summed E-state index contributed by atoms with van der Waals surface area (Å²) in [5, 5.41) is 9.72. The van der Waals surface area contributed by atoms with Crippen molar-refractivity contribution in [2.24, 2.45) is 5.73 Å². The van der Waals surface area contributed by atoms with E-state index in [-0.39, 0.29) is 6.54 Å².